The Morgan fingerprint density at radius 3 is 2.43 bits per heavy atom. The normalized spacial score (nSPS) is 11.2. The third-order valence-electron chi connectivity index (χ3n) is 2.87. The molecule has 0 bridgehead atoms. The molecule has 2 aromatic carbocycles. The van der Waals surface area contributed by atoms with Crippen LogP contribution in [0.15, 0.2) is 47.6 Å². The van der Waals surface area contributed by atoms with Gasteiger partial charge in [0, 0.05) is 6.07 Å². The fourth-order valence-electron chi connectivity index (χ4n) is 1.68. The highest BCUT2D eigenvalue weighted by Gasteiger charge is 2.09. The Kier molecular flexibility index (Phi) is 6.28. The standard InChI is InChI=1S/C16H13Cl3N2O2/c1-10(11-5-3-2-4-6-11)20-21-16(22)9-23-15-8-13(18)12(17)7-14(15)19/h2-8H,9H2,1H3,(H,21,22). The third kappa shape index (κ3) is 5.13. The summed E-state index contributed by atoms with van der Waals surface area (Å²) >= 11 is 17.7. The summed E-state index contributed by atoms with van der Waals surface area (Å²) in [7, 11) is 0. The van der Waals surface area contributed by atoms with E-state index in [-0.39, 0.29) is 17.4 Å². The lowest BCUT2D eigenvalue weighted by Gasteiger charge is -2.08. The van der Waals surface area contributed by atoms with Crippen molar-refractivity contribution in [1.29, 1.82) is 0 Å². The van der Waals surface area contributed by atoms with Crippen LogP contribution in [0.2, 0.25) is 15.1 Å². The molecule has 0 aliphatic heterocycles. The van der Waals surface area contributed by atoms with Crippen LogP contribution in [0.25, 0.3) is 0 Å². The lowest BCUT2D eigenvalue weighted by atomic mass is 10.1. The van der Waals surface area contributed by atoms with Crippen molar-refractivity contribution in [3.63, 3.8) is 0 Å². The van der Waals surface area contributed by atoms with Crippen LogP contribution in [-0.4, -0.2) is 18.2 Å². The van der Waals surface area contributed by atoms with Crippen LogP contribution in [0.1, 0.15) is 12.5 Å². The average molecular weight is 372 g/mol. The second kappa shape index (κ2) is 8.20. The van der Waals surface area contributed by atoms with Crippen molar-refractivity contribution < 1.29 is 9.53 Å². The summed E-state index contributed by atoms with van der Waals surface area (Å²) in [6.07, 6.45) is 0. The number of rotatable bonds is 5. The summed E-state index contributed by atoms with van der Waals surface area (Å²) in [5.41, 5.74) is 4.02. The van der Waals surface area contributed by atoms with Gasteiger partial charge >= 0.3 is 0 Å². The lowest BCUT2D eigenvalue weighted by molar-refractivity contribution is -0.123. The Bertz CT molecular complexity index is 734. The Labute approximate surface area is 149 Å². The first-order valence-electron chi connectivity index (χ1n) is 6.63. The molecule has 0 radical (unpaired) electrons. The van der Waals surface area contributed by atoms with Crippen LogP contribution in [0.5, 0.6) is 5.75 Å². The molecule has 23 heavy (non-hydrogen) atoms. The molecule has 0 aromatic heterocycles. The number of carbonyl (C=O) groups excluding carboxylic acids is 1. The van der Waals surface area contributed by atoms with Crippen molar-refractivity contribution in [2.45, 2.75) is 6.92 Å². The molecule has 0 unspecified atom stereocenters. The SMILES string of the molecule is CC(=NNC(=O)COc1cc(Cl)c(Cl)cc1Cl)c1ccccc1. The summed E-state index contributed by atoms with van der Waals surface area (Å²) in [4.78, 5) is 11.8. The molecule has 7 heteroatoms. The Morgan fingerprint density at radius 1 is 1.09 bits per heavy atom. The van der Waals surface area contributed by atoms with E-state index < -0.39 is 5.91 Å². The summed E-state index contributed by atoms with van der Waals surface area (Å²) < 4.78 is 5.32. The number of benzene rings is 2. The molecule has 1 N–H and O–H groups in total. The van der Waals surface area contributed by atoms with E-state index in [2.05, 4.69) is 10.5 Å². The smallest absolute Gasteiger partial charge is 0.277 e. The van der Waals surface area contributed by atoms with Crippen molar-refractivity contribution >= 4 is 46.4 Å². The number of hydrogen-bond acceptors (Lipinski definition) is 3. The topological polar surface area (TPSA) is 50.7 Å². The first-order chi connectivity index (χ1) is 11.0. The first kappa shape index (κ1) is 17.6. The summed E-state index contributed by atoms with van der Waals surface area (Å²) in [6.45, 7) is 1.55. The second-order valence-electron chi connectivity index (χ2n) is 4.58. The lowest BCUT2D eigenvalue weighted by Crippen LogP contribution is -2.25. The highest BCUT2D eigenvalue weighted by Crippen LogP contribution is 2.33. The highest BCUT2D eigenvalue weighted by atomic mass is 35.5. The highest BCUT2D eigenvalue weighted by molar-refractivity contribution is 6.43. The number of ether oxygens (including phenoxy) is 1. The summed E-state index contributed by atoms with van der Waals surface area (Å²) in [6, 6.07) is 12.4. The Morgan fingerprint density at radius 2 is 1.74 bits per heavy atom. The van der Waals surface area contributed by atoms with Gasteiger partial charge < -0.3 is 4.74 Å². The van der Waals surface area contributed by atoms with E-state index in [0.717, 1.165) is 5.56 Å². The quantitative estimate of drug-likeness (QED) is 0.475. The fraction of sp³-hybridized carbons (Fsp3) is 0.125. The molecule has 0 aliphatic rings. The molecule has 0 spiro atoms. The van der Waals surface area contributed by atoms with Crippen molar-refractivity contribution in [1.82, 2.24) is 5.43 Å². The van der Waals surface area contributed by atoms with Crippen molar-refractivity contribution in [3.05, 3.63) is 63.1 Å². The molecule has 1 amide bonds. The molecule has 0 saturated carbocycles. The van der Waals surface area contributed by atoms with Crippen LogP contribution in [0.3, 0.4) is 0 Å². The van der Waals surface area contributed by atoms with Gasteiger partial charge in [-0.2, -0.15) is 5.10 Å². The van der Waals surface area contributed by atoms with Gasteiger partial charge in [0.25, 0.3) is 5.91 Å². The molecule has 0 heterocycles. The molecule has 4 nitrogen and oxygen atoms in total. The number of nitrogens with zero attached hydrogens (tertiary/aromatic N) is 1. The zero-order valence-electron chi connectivity index (χ0n) is 12.1. The fourth-order valence-corrected chi connectivity index (χ4v) is 2.27. The van der Waals surface area contributed by atoms with Gasteiger partial charge in [-0.1, -0.05) is 65.1 Å². The summed E-state index contributed by atoms with van der Waals surface area (Å²) in [5.74, 6) is -0.137. The van der Waals surface area contributed by atoms with Gasteiger partial charge in [-0.05, 0) is 18.6 Å². The Hall–Kier alpha value is -1.75. The van der Waals surface area contributed by atoms with Crippen molar-refractivity contribution in [3.8, 4) is 5.75 Å². The van der Waals surface area contributed by atoms with Crippen LogP contribution in [-0.2, 0) is 4.79 Å². The minimum Gasteiger partial charge on any atom is -0.482 e. The van der Waals surface area contributed by atoms with Crippen molar-refractivity contribution in [2.75, 3.05) is 6.61 Å². The van der Waals surface area contributed by atoms with Gasteiger partial charge in [0.05, 0.1) is 20.8 Å². The maximum Gasteiger partial charge on any atom is 0.277 e. The van der Waals surface area contributed by atoms with E-state index in [4.69, 9.17) is 39.5 Å². The zero-order valence-corrected chi connectivity index (χ0v) is 14.4. The van der Waals surface area contributed by atoms with Crippen LogP contribution >= 0.6 is 34.8 Å². The minimum atomic E-state index is -0.414. The molecule has 0 fully saturated rings. The van der Waals surface area contributed by atoms with Gasteiger partial charge in [0.1, 0.15) is 5.75 Å². The predicted octanol–water partition coefficient (Wildman–Crippen LogP) is 4.57. The average Bonchev–Trinajstić information content (AvgIpc) is 2.55. The van der Waals surface area contributed by atoms with Gasteiger partial charge in [-0.25, -0.2) is 5.43 Å². The number of halogens is 3. The number of hydrazone groups is 1. The predicted molar refractivity (Wildman–Crippen MR) is 93.8 cm³/mol. The maximum atomic E-state index is 11.8. The second-order valence-corrected chi connectivity index (χ2v) is 5.81. The summed E-state index contributed by atoms with van der Waals surface area (Å²) in [5, 5.41) is 4.90. The van der Waals surface area contributed by atoms with Crippen LogP contribution < -0.4 is 10.2 Å². The number of hydrogen-bond donors (Lipinski definition) is 1. The third-order valence-corrected chi connectivity index (χ3v) is 3.89. The van der Waals surface area contributed by atoms with E-state index in [9.17, 15) is 4.79 Å². The molecular weight excluding hydrogens is 359 g/mol. The van der Waals surface area contributed by atoms with Crippen molar-refractivity contribution in [2.24, 2.45) is 5.10 Å². The van der Waals surface area contributed by atoms with Gasteiger partial charge in [-0.3, -0.25) is 4.79 Å². The molecule has 2 aromatic rings. The van der Waals surface area contributed by atoms with Crippen LogP contribution in [0, 0.1) is 0 Å². The number of nitrogens with one attached hydrogen (secondary N) is 1. The molecular formula is C16H13Cl3N2O2. The van der Waals surface area contributed by atoms with E-state index in [1.165, 1.54) is 12.1 Å². The van der Waals surface area contributed by atoms with Gasteiger partial charge in [-0.15, -0.1) is 0 Å². The van der Waals surface area contributed by atoms with E-state index in [0.29, 0.717) is 15.8 Å². The molecule has 0 aliphatic carbocycles. The van der Waals surface area contributed by atoms with E-state index in [1.54, 1.807) is 6.92 Å². The van der Waals surface area contributed by atoms with Crippen LogP contribution in [0.4, 0.5) is 0 Å². The molecule has 0 atom stereocenters. The zero-order chi connectivity index (χ0) is 16.8. The van der Waals surface area contributed by atoms with E-state index in [1.807, 2.05) is 30.3 Å². The molecule has 0 saturated heterocycles. The van der Waals surface area contributed by atoms with Gasteiger partial charge in [0.15, 0.2) is 6.61 Å². The largest absolute Gasteiger partial charge is 0.482 e. The monoisotopic (exact) mass is 370 g/mol. The minimum absolute atomic E-state index is 0.247. The van der Waals surface area contributed by atoms with Gasteiger partial charge in [0.2, 0.25) is 0 Å². The number of carbonyl (C=O) groups is 1. The van der Waals surface area contributed by atoms with E-state index >= 15 is 0 Å². The first-order valence-corrected chi connectivity index (χ1v) is 7.76. The molecule has 120 valence electrons. The maximum absolute atomic E-state index is 11.8. The number of amides is 1. The Balaban J connectivity index is 1.92. The molecule has 2 rings (SSSR count).